The number of hydrogen-bond acceptors (Lipinski definition) is 6. The largest absolute Gasteiger partial charge is 0.464 e. The van der Waals surface area contributed by atoms with Gasteiger partial charge in [0, 0.05) is 5.02 Å². The first-order chi connectivity index (χ1) is 14.5. The molecule has 1 atom stereocenters. The molecule has 1 aromatic heterocycles. The second-order valence-electron chi connectivity index (χ2n) is 6.79. The smallest absolute Gasteiger partial charge is 0.331 e. The van der Waals surface area contributed by atoms with Crippen LogP contribution in [-0.4, -0.2) is 35.2 Å². The minimum absolute atomic E-state index is 0.218. The van der Waals surface area contributed by atoms with Crippen LogP contribution >= 0.6 is 11.6 Å². The monoisotopic (exact) mass is 428 g/mol. The van der Waals surface area contributed by atoms with Crippen LogP contribution < -0.4 is 16.6 Å². The van der Waals surface area contributed by atoms with E-state index < -0.39 is 12.0 Å². The van der Waals surface area contributed by atoms with Crippen LogP contribution in [0.15, 0.2) is 53.3 Å². The number of aromatic nitrogens is 2. The maximum Gasteiger partial charge on any atom is 0.331 e. The molecule has 0 saturated heterocycles. The Morgan fingerprint density at radius 2 is 2.03 bits per heavy atom. The van der Waals surface area contributed by atoms with E-state index in [0.717, 1.165) is 5.56 Å². The van der Waals surface area contributed by atoms with E-state index in [1.807, 2.05) is 30.3 Å². The van der Waals surface area contributed by atoms with Crippen molar-refractivity contribution < 1.29 is 9.53 Å². The molecular weight excluding hydrogens is 404 g/mol. The highest BCUT2D eigenvalue weighted by molar-refractivity contribution is 6.31. The molecule has 0 aliphatic carbocycles. The molecule has 0 saturated carbocycles. The van der Waals surface area contributed by atoms with Gasteiger partial charge >= 0.3 is 5.97 Å². The van der Waals surface area contributed by atoms with Crippen LogP contribution in [0.2, 0.25) is 5.02 Å². The molecule has 30 heavy (non-hydrogen) atoms. The molecule has 0 spiro atoms. The summed E-state index contributed by atoms with van der Waals surface area (Å²) in [5.41, 5.74) is 6.70. The molecule has 0 aliphatic rings. The maximum absolute atomic E-state index is 13.4. The van der Waals surface area contributed by atoms with Crippen molar-refractivity contribution in [3.8, 4) is 0 Å². The fourth-order valence-electron chi connectivity index (χ4n) is 3.20. The minimum atomic E-state index is -0.906. The standard InChI is InChI=1S/C22H25ClN4O3/c1-2-30-22(29)19(25-12-6-11-24)20-26-18-13-16(23)9-10-17(18)21(28)27(20)14-15-7-4-3-5-8-15/h3-5,7-10,13,19,25H,2,6,11-12,14,24H2,1H3. The zero-order chi connectivity index (χ0) is 21.5. The Hall–Kier alpha value is -2.74. The van der Waals surface area contributed by atoms with Gasteiger partial charge in [0.15, 0.2) is 6.04 Å². The molecule has 3 rings (SSSR count). The molecule has 3 N–H and O–H groups in total. The van der Waals surface area contributed by atoms with Crippen molar-refractivity contribution in [2.75, 3.05) is 19.7 Å². The van der Waals surface area contributed by atoms with Gasteiger partial charge in [0.2, 0.25) is 0 Å². The van der Waals surface area contributed by atoms with Crippen LogP contribution in [0.4, 0.5) is 0 Å². The molecule has 0 bridgehead atoms. The number of halogens is 1. The van der Waals surface area contributed by atoms with E-state index in [4.69, 9.17) is 22.1 Å². The van der Waals surface area contributed by atoms with Crippen molar-refractivity contribution in [1.29, 1.82) is 0 Å². The lowest BCUT2D eigenvalue weighted by Crippen LogP contribution is -2.38. The third-order valence-corrected chi connectivity index (χ3v) is 4.88. The average molecular weight is 429 g/mol. The zero-order valence-electron chi connectivity index (χ0n) is 16.8. The number of carbonyl (C=O) groups is 1. The first-order valence-electron chi connectivity index (χ1n) is 9.89. The van der Waals surface area contributed by atoms with Crippen LogP contribution in [0.25, 0.3) is 10.9 Å². The summed E-state index contributed by atoms with van der Waals surface area (Å²) in [7, 11) is 0. The summed E-state index contributed by atoms with van der Waals surface area (Å²) in [4.78, 5) is 30.8. The van der Waals surface area contributed by atoms with Gasteiger partial charge in [-0.15, -0.1) is 0 Å². The normalized spacial score (nSPS) is 12.1. The third-order valence-electron chi connectivity index (χ3n) is 4.64. The Balaban J connectivity index is 2.18. The molecule has 0 aliphatic heterocycles. The second-order valence-corrected chi connectivity index (χ2v) is 7.23. The molecule has 1 heterocycles. The second kappa shape index (κ2) is 10.3. The quantitative estimate of drug-likeness (QED) is 0.401. The summed E-state index contributed by atoms with van der Waals surface area (Å²) in [6, 6.07) is 13.6. The van der Waals surface area contributed by atoms with Crippen LogP contribution in [0.5, 0.6) is 0 Å². The summed E-state index contributed by atoms with van der Waals surface area (Å²) in [6.45, 7) is 3.18. The number of fused-ring (bicyclic) bond motifs is 1. The highest BCUT2D eigenvalue weighted by Gasteiger charge is 2.27. The Labute approximate surface area is 179 Å². The molecule has 0 amide bonds. The minimum Gasteiger partial charge on any atom is -0.464 e. The number of nitrogens with zero attached hydrogens (tertiary/aromatic N) is 2. The zero-order valence-corrected chi connectivity index (χ0v) is 17.6. The molecule has 0 fully saturated rings. The highest BCUT2D eigenvalue weighted by atomic mass is 35.5. The van der Waals surface area contributed by atoms with Gasteiger partial charge in [-0.05, 0) is 50.2 Å². The first kappa shape index (κ1) is 22.0. The van der Waals surface area contributed by atoms with E-state index in [-0.39, 0.29) is 24.5 Å². The number of esters is 1. The number of nitrogens with two attached hydrogens (primary N) is 1. The van der Waals surface area contributed by atoms with Crippen molar-refractivity contribution in [2.45, 2.75) is 25.9 Å². The van der Waals surface area contributed by atoms with Crippen molar-refractivity contribution in [3.63, 3.8) is 0 Å². The van der Waals surface area contributed by atoms with Crippen molar-refractivity contribution >= 4 is 28.5 Å². The summed E-state index contributed by atoms with van der Waals surface area (Å²) in [5.74, 6) is -0.210. The number of rotatable bonds is 9. The number of benzene rings is 2. The molecule has 3 aromatic rings. The summed E-state index contributed by atoms with van der Waals surface area (Å²) in [5, 5.41) is 4.04. The first-order valence-corrected chi connectivity index (χ1v) is 10.3. The molecule has 2 aromatic carbocycles. The van der Waals surface area contributed by atoms with E-state index in [1.54, 1.807) is 25.1 Å². The average Bonchev–Trinajstić information content (AvgIpc) is 2.74. The van der Waals surface area contributed by atoms with Crippen LogP contribution in [-0.2, 0) is 16.1 Å². The van der Waals surface area contributed by atoms with Crippen molar-refractivity contribution in [2.24, 2.45) is 5.73 Å². The summed E-state index contributed by atoms with van der Waals surface area (Å²) in [6.07, 6.45) is 0.665. The van der Waals surface area contributed by atoms with Gasteiger partial charge in [0.25, 0.3) is 5.56 Å². The lowest BCUT2D eigenvalue weighted by atomic mass is 10.1. The Kier molecular flexibility index (Phi) is 7.57. The predicted molar refractivity (Wildman–Crippen MR) is 118 cm³/mol. The number of ether oxygens (including phenoxy) is 1. The van der Waals surface area contributed by atoms with Crippen LogP contribution in [0.1, 0.15) is 30.8 Å². The molecule has 0 radical (unpaired) electrons. The molecular formula is C22H25ClN4O3. The summed E-state index contributed by atoms with van der Waals surface area (Å²) < 4.78 is 6.77. The van der Waals surface area contributed by atoms with Gasteiger partial charge in [-0.2, -0.15) is 0 Å². The fourth-order valence-corrected chi connectivity index (χ4v) is 3.37. The Bertz CT molecular complexity index is 1070. The van der Waals surface area contributed by atoms with Gasteiger partial charge in [-0.25, -0.2) is 9.78 Å². The summed E-state index contributed by atoms with van der Waals surface area (Å²) >= 11 is 6.12. The maximum atomic E-state index is 13.4. The van der Waals surface area contributed by atoms with Gasteiger partial charge in [-0.1, -0.05) is 41.9 Å². The number of carbonyl (C=O) groups excluding carboxylic acids is 1. The SMILES string of the molecule is CCOC(=O)C(NCCCN)c1nc2cc(Cl)ccc2c(=O)n1Cc1ccccc1. The van der Waals surface area contributed by atoms with Crippen LogP contribution in [0, 0.1) is 0 Å². The third kappa shape index (κ3) is 5.05. The molecule has 7 nitrogen and oxygen atoms in total. The van der Waals surface area contributed by atoms with E-state index in [9.17, 15) is 9.59 Å². The van der Waals surface area contributed by atoms with E-state index in [1.165, 1.54) is 4.57 Å². The molecule has 1 unspecified atom stereocenters. The molecule has 8 heteroatoms. The van der Waals surface area contributed by atoms with Gasteiger partial charge in [0.05, 0.1) is 24.1 Å². The fraction of sp³-hybridized carbons (Fsp3) is 0.318. The lowest BCUT2D eigenvalue weighted by Gasteiger charge is -2.21. The Morgan fingerprint density at radius 3 is 2.73 bits per heavy atom. The van der Waals surface area contributed by atoms with Gasteiger partial charge in [0.1, 0.15) is 5.82 Å². The van der Waals surface area contributed by atoms with Gasteiger partial charge < -0.3 is 10.5 Å². The molecule has 158 valence electrons. The van der Waals surface area contributed by atoms with Crippen molar-refractivity contribution in [1.82, 2.24) is 14.9 Å². The van der Waals surface area contributed by atoms with Crippen LogP contribution in [0.3, 0.4) is 0 Å². The van der Waals surface area contributed by atoms with E-state index >= 15 is 0 Å². The number of hydrogen-bond donors (Lipinski definition) is 2. The topological polar surface area (TPSA) is 99.2 Å². The Morgan fingerprint density at radius 1 is 1.27 bits per heavy atom. The van der Waals surface area contributed by atoms with E-state index in [0.29, 0.717) is 35.4 Å². The van der Waals surface area contributed by atoms with E-state index in [2.05, 4.69) is 10.3 Å². The number of nitrogens with one attached hydrogen (secondary N) is 1. The lowest BCUT2D eigenvalue weighted by molar-refractivity contribution is -0.146. The van der Waals surface area contributed by atoms with Gasteiger partial charge in [-0.3, -0.25) is 14.7 Å². The predicted octanol–water partition coefficient (Wildman–Crippen LogP) is 2.64. The highest BCUT2D eigenvalue weighted by Crippen LogP contribution is 2.20. The van der Waals surface area contributed by atoms with Crippen molar-refractivity contribution in [3.05, 3.63) is 75.3 Å².